The molecule has 2 amide bonds. The van der Waals surface area contributed by atoms with E-state index in [0.717, 1.165) is 25.7 Å². The fraction of sp³-hybridized carbons (Fsp3) is 0.933. The van der Waals surface area contributed by atoms with Crippen molar-refractivity contribution in [3.63, 3.8) is 0 Å². The van der Waals surface area contributed by atoms with Crippen molar-refractivity contribution < 1.29 is 9.00 Å². The average Bonchev–Trinajstić information content (AvgIpc) is 2.26. The standard InChI is InChI=1S/C15H30N2O2S/c1-12(2)16-13(18)17-15(9-7-6-8-10-15)11-20(19)14(3,4)5/h12H,6-11H2,1-5H3,(H2,16,17,18). The van der Waals surface area contributed by atoms with Gasteiger partial charge < -0.3 is 10.6 Å². The van der Waals surface area contributed by atoms with Crippen molar-refractivity contribution >= 4 is 16.8 Å². The van der Waals surface area contributed by atoms with E-state index in [1.807, 2.05) is 34.6 Å². The van der Waals surface area contributed by atoms with Gasteiger partial charge in [0.25, 0.3) is 0 Å². The highest BCUT2D eigenvalue weighted by molar-refractivity contribution is 7.86. The summed E-state index contributed by atoms with van der Waals surface area (Å²) in [4.78, 5) is 12.0. The molecule has 1 atom stereocenters. The zero-order chi connectivity index (χ0) is 15.4. The first-order chi connectivity index (χ1) is 9.15. The van der Waals surface area contributed by atoms with Crippen molar-refractivity contribution in [2.45, 2.75) is 83.1 Å². The topological polar surface area (TPSA) is 58.2 Å². The number of hydrogen-bond acceptors (Lipinski definition) is 2. The van der Waals surface area contributed by atoms with Crippen LogP contribution in [0.5, 0.6) is 0 Å². The lowest BCUT2D eigenvalue weighted by molar-refractivity contribution is 0.210. The third-order valence-corrected chi connectivity index (χ3v) is 5.88. The van der Waals surface area contributed by atoms with Crippen LogP contribution in [0, 0.1) is 0 Å². The maximum absolute atomic E-state index is 12.5. The minimum atomic E-state index is -0.946. The third-order valence-electron chi connectivity index (χ3n) is 3.70. The van der Waals surface area contributed by atoms with E-state index in [2.05, 4.69) is 10.6 Å². The Kier molecular flexibility index (Phi) is 6.05. The molecule has 4 nitrogen and oxygen atoms in total. The number of carbonyl (C=O) groups is 1. The zero-order valence-corrected chi connectivity index (χ0v) is 14.4. The molecule has 20 heavy (non-hydrogen) atoms. The van der Waals surface area contributed by atoms with Crippen LogP contribution in [0.3, 0.4) is 0 Å². The summed E-state index contributed by atoms with van der Waals surface area (Å²) in [5, 5.41) is 6.00. The van der Waals surface area contributed by atoms with Gasteiger partial charge in [-0.1, -0.05) is 19.3 Å². The Labute approximate surface area is 125 Å². The predicted octanol–water partition coefficient (Wildman–Crippen LogP) is 2.94. The molecular formula is C15H30N2O2S. The monoisotopic (exact) mass is 302 g/mol. The van der Waals surface area contributed by atoms with Crippen LogP contribution in [-0.4, -0.2) is 32.3 Å². The molecule has 1 fully saturated rings. The number of carbonyl (C=O) groups excluding carboxylic acids is 1. The summed E-state index contributed by atoms with van der Waals surface area (Å²) < 4.78 is 12.2. The molecule has 0 aliphatic heterocycles. The van der Waals surface area contributed by atoms with E-state index >= 15 is 0 Å². The van der Waals surface area contributed by atoms with Gasteiger partial charge in [-0.15, -0.1) is 0 Å². The van der Waals surface area contributed by atoms with Gasteiger partial charge in [0.2, 0.25) is 0 Å². The predicted molar refractivity (Wildman–Crippen MR) is 85.4 cm³/mol. The van der Waals surface area contributed by atoms with Gasteiger partial charge in [-0.25, -0.2) is 4.79 Å². The highest BCUT2D eigenvalue weighted by atomic mass is 32.2. The van der Waals surface area contributed by atoms with Crippen LogP contribution in [-0.2, 0) is 10.8 Å². The molecule has 2 N–H and O–H groups in total. The lowest BCUT2D eigenvalue weighted by Gasteiger charge is -2.39. The Hall–Kier alpha value is -0.580. The molecule has 118 valence electrons. The fourth-order valence-corrected chi connectivity index (χ4v) is 3.84. The molecule has 1 unspecified atom stereocenters. The van der Waals surface area contributed by atoms with Gasteiger partial charge in [0.1, 0.15) is 0 Å². The summed E-state index contributed by atoms with van der Waals surface area (Å²) in [7, 11) is -0.946. The number of hydrogen-bond donors (Lipinski definition) is 2. The third kappa shape index (κ3) is 5.43. The van der Waals surface area contributed by atoms with Crippen LogP contribution in [0.15, 0.2) is 0 Å². The zero-order valence-electron chi connectivity index (χ0n) is 13.5. The number of rotatable bonds is 4. The van der Waals surface area contributed by atoms with Crippen molar-refractivity contribution in [3.8, 4) is 0 Å². The second kappa shape index (κ2) is 6.92. The largest absolute Gasteiger partial charge is 0.336 e. The van der Waals surface area contributed by atoms with Gasteiger partial charge in [0, 0.05) is 27.3 Å². The summed E-state index contributed by atoms with van der Waals surface area (Å²) >= 11 is 0. The van der Waals surface area contributed by atoms with Crippen molar-refractivity contribution in [2.75, 3.05) is 5.75 Å². The van der Waals surface area contributed by atoms with E-state index in [9.17, 15) is 9.00 Å². The summed E-state index contributed by atoms with van der Waals surface area (Å²) in [5.41, 5.74) is -0.296. The minimum absolute atomic E-state index is 0.115. The van der Waals surface area contributed by atoms with E-state index < -0.39 is 10.8 Å². The molecule has 0 aromatic carbocycles. The molecule has 1 aliphatic rings. The Balaban J connectivity index is 2.76. The fourth-order valence-electron chi connectivity index (χ4n) is 2.54. The summed E-state index contributed by atoms with van der Waals surface area (Å²) in [6, 6.07) is -0.0171. The average molecular weight is 302 g/mol. The summed E-state index contributed by atoms with van der Waals surface area (Å²) in [5.74, 6) is 0.558. The van der Waals surface area contributed by atoms with Crippen molar-refractivity contribution in [3.05, 3.63) is 0 Å². The van der Waals surface area contributed by atoms with E-state index in [4.69, 9.17) is 0 Å². The molecular weight excluding hydrogens is 272 g/mol. The normalized spacial score (nSPS) is 20.5. The molecule has 0 spiro atoms. The molecule has 1 saturated carbocycles. The maximum Gasteiger partial charge on any atom is 0.315 e. The summed E-state index contributed by atoms with van der Waals surface area (Å²) in [6.07, 6.45) is 5.27. The Morgan fingerprint density at radius 2 is 1.75 bits per heavy atom. The Morgan fingerprint density at radius 1 is 1.20 bits per heavy atom. The molecule has 0 saturated heterocycles. The van der Waals surface area contributed by atoms with Gasteiger partial charge in [-0.05, 0) is 47.5 Å². The van der Waals surface area contributed by atoms with Crippen molar-refractivity contribution in [2.24, 2.45) is 0 Å². The number of nitrogens with one attached hydrogen (secondary N) is 2. The molecule has 0 heterocycles. The van der Waals surface area contributed by atoms with E-state index in [-0.39, 0.29) is 22.4 Å². The van der Waals surface area contributed by atoms with Gasteiger partial charge in [0.15, 0.2) is 0 Å². The molecule has 0 aromatic heterocycles. The van der Waals surface area contributed by atoms with Crippen LogP contribution >= 0.6 is 0 Å². The van der Waals surface area contributed by atoms with Crippen LogP contribution < -0.4 is 10.6 Å². The molecule has 1 rings (SSSR count). The quantitative estimate of drug-likeness (QED) is 0.839. The van der Waals surface area contributed by atoms with E-state index in [0.29, 0.717) is 5.75 Å². The molecule has 0 radical (unpaired) electrons. The maximum atomic E-state index is 12.5. The van der Waals surface area contributed by atoms with Gasteiger partial charge in [-0.2, -0.15) is 0 Å². The van der Waals surface area contributed by atoms with Crippen molar-refractivity contribution in [1.29, 1.82) is 0 Å². The van der Waals surface area contributed by atoms with Gasteiger partial charge in [-0.3, -0.25) is 4.21 Å². The first-order valence-corrected chi connectivity index (χ1v) is 8.94. The van der Waals surface area contributed by atoms with Crippen LogP contribution in [0.2, 0.25) is 0 Å². The minimum Gasteiger partial charge on any atom is -0.336 e. The second-order valence-corrected chi connectivity index (χ2v) is 9.40. The first-order valence-electron chi connectivity index (χ1n) is 7.62. The molecule has 0 aromatic rings. The van der Waals surface area contributed by atoms with E-state index in [1.165, 1.54) is 6.42 Å². The van der Waals surface area contributed by atoms with Crippen molar-refractivity contribution in [1.82, 2.24) is 10.6 Å². The first kappa shape index (κ1) is 17.5. The van der Waals surface area contributed by atoms with Crippen LogP contribution in [0.1, 0.15) is 66.7 Å². The van der Waals surface area contributed by atoms with Crippen LogP contribution in [0.4, 0.5) is 4.79 Å². The highest BCUT2D eigenvalue weighted by Gasteiger charge is 2.37. The Bertz CT molecular complexity index is 355. The van der Waals surface area contributed by atoms with E-state index in [1.54, 1.807) is 0 Å². The number of urea groups is 1. The summed E-state index contributed by atoms with van der Waals surface area (Å²) in [6.45, 7) is 9.87. The lowest BCUT2D eigenvalue weighted by Crippen LogP contribution is -2.58. The second-order valence-electron chi connectivity index (χ2n) is 7.20. The SMILES string of the molecule is CC(C)NC(=O)NC1(CS(=O)C(C)(C)C)CCCCC1. The molecule has 1 aliphatic carbocycles. The number of amides is 2. The van der Waals surface area contributed by atoms with Gasteiger partial charge in [0.05, 0.1) is 5.54 Å². The smallest absolute Gasteiger partial charge is 0.315 e. The highest BCUT2D eigenvalue weighted by Crippen LogP contribution is 2.31. The Morgan fingerprint density at radius 3 is 2.20 bits per heavy atom. The van der Waals surface area contributed by atoms with Gasteiger partial charge >= 0.3 is 6.03 Å². The molecule has 5 heteroatoms. The lowest BCUT2D eigenvalue weighted by atomic mass is 9.83. The van der Waals surface area contributed by atoms with Crippen LogP contribution in [0.25, 0.3) is 0 Å². The molecule has 0 bridgehead atoms.